The Morgan fingerprint density at radius 3 is 2.19 bits per heavy atom. The van der Waals surface area contributed by atoms with Crippen LogP contribution in [0.25, 0.3) is 0 Å². The van der Waals surface area contributed by atoms with Crippen LogP contribution in [0.1, 0.15) is 46.1 Å². The van der Waals surface area contributed by atoms with Gasteiger partial charge in [0.2, 0.25) is 11.8 Å². The van der Waals surface area contributed by atoms with Gasteiger partial charge in [-0.3, -0.25) is 9.59 Å². The van der Waals surface area contributed by atoms with Gasteiger partial charge in [-0.1, -0.05) is 26.0 Å². The second kappa shape index (κ2) is 13.6. The summed E-state index contributed by atoms with van der Waals surface area (Å²) in [7, 11) is 1.71. The molecule has 0 aliphatic rings. The van der Waals surface area contributed by atoms with Crippen LogP contribution >= 0.6 is 0 Å². The summed E-state index contributed by atoms with van der Waals surface area (Å²) in [5.74, 6) is -0.509. The lowest BCUT2D eigenvalue weighted by atomic mass is 10.0. The van der Waals surface area contributed by atoms with Crippen LogP contribution in [-0.4, -0.2) is 49.6 Å². The van der Waals surface area contributed by atoms with Crippen LogP contribution in [-0.2, 0) is 20.9 Å². The van der Waals surface area contributed by atoms with Gasteiger partial charge in [0.15, 0.2) is 0 Å². The normalized spacial score (nSPS) is 13.0. The highest BCUT2D eigenvalue weighted by Crippen LogP contribution is 2.13. The molecule has 31 heavy (non-hydrogen) atoms. The number of carbonyl (C=O) groups is 3. The van der Waals surface area contributed by atoms with Gasteiger partial charge in [-0.15, -0.1) is 0 Å². The number of nitrogens with one attached hydrogen (secondary N) is 4. The first kappa shape index (κ1) is 26.4. The Balaban J connectivity index is 2.79. The highest BCUT2D eigenvalue weighted by molar-refractivity contribution is 5.97. The number of primary amides is 1. The van der Waals surface area contributed by atoms with Crippen molar-refractivity contribution in [3.8, 4) is 0 Å². The van der Waals surface area contributed by atoms with Crippen LogP contribution in [0.15, 0.2) is 24.3 Å². The maximum Gasteiger partial charge on any atom is 0.312 e. The number of hydrogen-bond acceptors (Lipinski definition) is 5. The standard InChI is InChI=1S/C22H37N5O4/c1-14(2)19(24-5)21(29)27-18(7-6-12-25-22(23)30)20(28)26-17-10-8-16(9-11-17)13-31-15(3)4/h8-11,14-15,18-19,24H,6-7,12-13H2,1-5H3,(H,26,28)(H,27,29)(H3,23,25,30)/t18-,19-/m0/s1. The monoisotopic (exact) mass is 435 g/mol. The van der Waals surface area contributed by atoms with Gasteiger partial charge in [-0.25, -0.2) is 4.79 Å². The number of nitrogens with two attached hydrogens (primary N) is 1. The summed E-state index contributed by atoms with van der Waals surface area (Å²) in [6.45, 7) is 8.62. The molecular formula is C22H37N5O4. The van der Waals surface area contributed by atoms with Crippen molar-refractivity contribution in [2.45, 2.75) is 65.3 Å². The van der Waals surface area contributed by atoms with Gasteiger partial charge in [-0.2, -0.15) is 0 Å². The molecule has 4 amide bonds. The summed E-state index contributed by atoms with van der Waals surface area (Å²) < 4.78 is 5.58. The smallest absolute Gasteiger partial charge is 0.312 e. The molecule has 1 rings (SSSR count). The number of amides is 4. The van der Waals surface area contributed by atoms with Crippen LogP contribution < -0.4 is 27.0 Å². The van der Waals surface area contributed by atoms with Gasteiger partial charge in [-0.05, 0) is 57.4 Å². The minimum Gasteiger partial charge on any atom is -0.374 e. The fourth-order valence-electron chi connectivity index (χ4n) is 2.99. The van der Waals surface area contributed by atoms with Crippen LogP contribution in [0.3, 0.4) is 0 Å². The Bertz CT molecular complexity index is 706. The fourth-order valence-corrected chi connectivity index (χ4v) is 2.99. The summed E-state index contributed by atoms with van der Waals surface area (Å²) in [6, 6.07) is 5.59. The van der Waals surface area contributed by atoms with E-state index in [9.17, 15) is 14.4 Å². The molecule has 174 valence electrons. The number of carbonyl (C=O) groups excluding carboxylic acids is 3. The molecule has 0 bridgehead atoms. The number of benzene rings is 1. The lowest BCUT2D eigenvalue weighted by molar-refractivity contribution is -0.128. The quantitative estimate of drug-likeness (QED) is 0.301. The van der Waals surface area contributed by atoms with E-state index < -0.39 is 18.1 Å². The van der Waals surface area contributed by atoms with E-state index in [1.807, 2.05) is 39.8 Å². The summed E-state index contributed by atoms with van der Waals surface area (Å²) in [6.07, 6.45) is 0.978. The zero-order valence-corrected chi connectivity index (χ0v) is 19.2. The summed E-state index contributed by atoms with van der Waals surface area (Å²) in [4.78, 5) is 36.4. The molecule has 0 spiro atoms. The molecule has 0 heterocycles. The molecule has 0 saturated carbocycles. The molecule has 0 unspecified atom stereocenters. The van der Waals surface area contributed by atoms with E-state index in [1.165, 1.54) is 0 Å². The zero-order valence-electron chi connectivity index (χ0n) is 19.2. The Hall–Kier alpha value is -2.65. The van der Waals surface area contributed by atoms with E-state index in [-0.39, 0.29) is 23.8 Å². The van der Waals surface area contributed by atoms with Crippen molar-refractivity contribution in [1.29, 1.82) is 0 Å². The largest absolute Gasteiger partial charge is 0.374 e. The molecule has 0 fully saturated rings. The van der Waals surface area contributed by atoms with Crippen molar-refractivity contribution < 1.29 is 19.1 Å². The van der Waals surface area contributed by atoms with Gasteiger partial charge in [0, 0.05) is 12.2 Å². The average Bonchev–Trinajstić information content (AvgIpc) is 2.69. The van der Waals surface area contributed by atoms with E-state index in [0.717, 1.165) is 5.56 Å². The maximum absolute atomic E-state index is 12.9. The molecule has 0 aliphatic heterocycles. The maximum atomic E-state index is 12.9. The molecule has 0 saturated heterocycles. The molecule has 0 aromatic heterocycles. The minimum atomic E-state index is -0.749. The first-order valence-electron chi connectivity index (χ1n) is 10.7. The Morgan fingerprint density at radius 2 is 1.68 bits per heavy atom. The van der Waals surface area contributed by atoms with Crippen molar-refractivity contribution in [1.82, 2.24) is 16.0 Å². The zero-order chi connectivity index (χ0) is 23.4. The van der Waals surface area contributed by atoms with Gasteiger partial charge >= 0.3 is 6.03 Å². The molecule has 6 N–H and O–H groups in total. The topological polar surface area (TPSA) is 135 Å². The van der Waals surface area contributed by atoms with E-state index in [2.05, 4.69) is 21.3 Å². The Kier molecular flexibility index (Phi) is 11.6. The average molecular weight is 436 g/mol. The molecule has 0 radical (unpaired) electrons. The van der Waals surface area contributed by atoms with Crippen LogP contribution in [0.4, 0.5) is 10.5 Å². The second-order valence-electron chi connectivity index (χ2n) is 8.05. The molecular weight excluding hydrogens is 398 g/mol. The molecule has 9 nitrogen and oxygen atoms in total. The Labute approximate surface area is 184 Å². The number of anilines is 1. The second-order valence-corrected chi connectivity index (χ2v) is 8.05. The number of urea groups is 1. The number of rotatable bonds is 13. The third-order valence-electron chi connectivity index (χ3n) is 4.67. The SMILES string of the molecule is CN[C@H](C(=O)N[C@@H](CCCNC(N)=O)C(=O)Nc1ccc(COC(C)C)cc1)C(C)C. The highest BCUT2D eigenvalue weighted by atomic mass is 16.5. The Morgan fingerprint density at radius 1 is 1.03 bits per heavy atom. The first-order chi connectivity index (χ1) is 14.6. The first-order valence-corrected chi connectivity index (χ1v) is 10.7. The summed E-state index contributed by atoms with van der Waals surface area (Å²) >= 11 is 0. The highest BCUT2D eigenvalue weighted by Gasteiger charge is 2.26. The third-order valence-corrected chi connectivity index (χ3v) is 4.67. The van der Waals surface area contributed by atoms with Crippen LogP contribution in [0, 0.1) is 5.92 Å². The summed E-state index contributed by atoms with van der Waals surface area (Å²) in [5, 5.41) is 11.1. The minimum absolute atomic E-state index is 0.0610. The van der Waals surface area contributed by atoms with E-state index in [0.29, 0.717) is 31.7 Å². The van der Waals surface area contributed by atoms with Gasteiger partial charge in [0.05, 0.1) is 18.8 Å². The number of likely N-dealkylation sites (N-methyl/N-ethyl adjacent to an activating group) is 1. The molecule has 1 aromatic carbocycles. The predicted octanol–water partition coefficient (Wildman–Crippen LogP) is 1.73. The lowest BCUT2D eigenvalue weighted by Gasteiger charge is -2.24. The van der Waals surface area contributed by atoms with Gasteiger partial charge < -0.3 is 31.7 Å². The van der Waals surface area contributed by atoms with Crippen molar-refractivity contribution >= 4 is 23.5 Å². The lowest BCUT2D eigenvalue weighted by Crippen LogP contribution is -2.52. The molecule has 2 atom stereocenters. The molecule has 0 aliphatic carbocycles. The van der Waals surface area contributed by atoms with E-state index in [4.69, 9.17) is 10.5 Å². The summed E-state index contributed by atoms with van der Waals surface area (Å²) in [5.41, 5.74) is 6.71. The third kappa shape index (κ3) is 10.3. The van der Waals surface area contributed by atoms with Crippen LogP contribution in [0.5, 0.6) is 0 Å². The van der Waals surface area contributed by atoms with Crippen LogP contribution in [0.2, 0.25) is 0 Å². The molecule has 1 aromatic rings. The van der Waals surface area contributed by atoms with Gasteiger partial charge in [0.25, 0.3) is 0 Å². The van der Waals surface area contributed by atoms with Crippen molar-refractivity contribution in [2.24, 2.45) is 11.7 Å². The number of ether oxygens (including phenoxy) is 1. The van der Waals surface area contributed by atoms with Gasteiger partial charge in [0.1, 0.15) is 6.04 Å². The van der Waals surface area contributed by atoms with Crippen molar-refractivity contribution in [3.05, 3.63) is 29.8 Å². The molecule has 9 heteroatoms. The van der Waals surface area contributed by atoms with Crippen molar-refractivity contribution in [3.63, 3.8) is 0 Å². The van der Waals surface area contributed by atoms with E-state index >= 15 is 0 Å². The predicted molar refractivity (Wildman–Crippen MR) is 121 cm³/mol. The number of hydrogen-bond donors (Lipinski definition) is 5. The van der Waals surface area contributed by atoms with E-state index in [1.54, 1.807) is 19.2 Å². The van der Waals surface area contributed by atoms with Crippen molar-refractivity contribution in [2.75, 3.05) is 18.9 Å². The fraction of sp³-hybridized carbons (Fsp3) is 0.591.